The lowest BCUT2D eigenvalue weighted by molar-refractivity contribution is -0.143. The number of carbonyl (C=O) groups excluding carboxylic acids is 1. The summed E-state index contributed by atoms with van der Waals surface area (Å²) in [5.74, 6) is 1.60. The first-order valence-corrected chi connectivity index (χ1v) is 11.0. The summed E-state index contributed by atoms with van der Waals surface area (Å²) >= 11 is 1.66. The van der Waals surface area contributed by atoms with Gasteiger partial charge in [-0.15, -0.1) is 11.8 Å². The Morgan fingerprint density at radius 3 is 2.18 bits per heavy atom. The number of hydrogen-bond donors (Lipinski definition) is 0. The average molecular weight is 477 g/mol. The molecule has 4 nitrogen and oxygen atoms in total. The molecule has 0 unspecified atom stereocenters. The molecule has 0 bridgehead atoms. The molecule has 0 radical (unpaired) electrons. The van der Waals surface area contributed by atoms with Crippen LogP contribution in [0.25, 0.3) is 0 Å². The quantitative estimate of drug-likeness (QED) is 0.263. The molecule has 0 fully saturated rings. The summed E-state index contributed by atoms with van der Waals surface area (Å²) in [6.07, 6.45) is -4.34. The van der Waals surface area contributed by atoms with Crippen molar-refractivity contribution in [1.29, 1.82) is 0 Å². The lowest BCUT2D eigenvalue weighted by atomic mass is 10.1. The summed E-state index contributed by atoms with van der Waals surface area (Å²) in [7, 11) is 1.32. The van der Waals surface area contributed by atoms with Crippen LogP contribution in [0, 0.1) is 6.92 Å². The van der Waals surface area contributed by atoms with Crippen molar-refractivity contribution in [3.8, 4) is 11.5 Å². The smallest absolute Gasteiger partial charge is 0.416 e. The van der Waals surface area contributed by atoms with Crippen LogP contribution in [0.2, 0.25) is 0 Å². The molecule has 3 rings (SSSR count). The van der Waals surface area contributed by atoms with Gasteiger partial charge in [0.15, 0.2) is 6.61 Å². The fourth-order valence-corrected chi connectivity index (χ4v) is 3.82. The van der Waals surface area contributed by atoms with Gasteiger partial charge in [-0.1, -0.05) is 24.3 Å². The van der Waals surface area contributed by atoms with E-state index in [9.17, 15) is 18.0 Å². The van der Waals surface area contributed by atoms with Crippen LogP contribution >= 0.6 is 11.8 Å². The summed E-state index contributed by atoms with van der Waals surface area (Å²) in [6, 6.07) is 18.3. The van der Waals surface area contributed by atoms with Gasteiger partial charge in [-0.2, -0.15) is 13.2 Å². The predicted octanol–water partition coefficient (Wildman–Crippen LogP) is 6.44. The van der Waals surface area contributed by atoms with E-state index < -0.39 is 17.7 Å². The molecular formula is C25H23F3O4S. The number of thioether (sulfide) groups is 1. The second-order valence-corrected chi connectivity index (χ2v) is 8.26. The Balaban J connectivity index is 1.48. The van der Waals surface area contributed by atoms with E-state index in [1.165, 1.54) is 19.2 Å². The third-order valence-corrected chi connectivity index (χ3v) is 5.80. The maximum Gasteiger partial charge on any atom is 0.416 e. The zero-order chi connectivity index (χ0) is 23.8. The monoisotopic (exact) mass is 476 g/mol. The number of esters is 1. The number of ether oxygens (including phenoxy) is 3. The molecule has 174 valence electrons. The Bertz CT molecular complexity index is 1060. The van der Waals surface area contributed by atoms with Gasteiger partial charge in [0.25, 0.3) is 0 Å². The van der Waals surface area contributed by atoms with Crippen LogP contribution in [0.15, 0.2) is 71.6 Å². The maximum absolute atomic E-state index is 12.6. The molecule has 3 aromatic rings. The normalized spacial score (nSPS) is 11.2. The van der Waals surface area contributed by atoms with E-state index in [1.807, 2.05) is 49.4 Å². The number of benzene rings is 3. The second-order valence-electron chi connectivity index (χ2n) is 7.21. The largest absolute Gasteiger partial charge is 0.489 e. The Kier molecular flexibility index (Phi) is 8.27. The number of hydrogen-bond acceptors (Lipinski definition) is 5. The molecule has 0 N–H and O–H groups in total. The number of aryl methyl sites for hydroxylation is 1. The number of methoxy groups -OCH3 is 1. The number of alkyl halides is 3. The van der Waals surface area contributed by atoms with Gasteiger partial charge in [0, 0.05) is 10.6 Å². The Morgan fingerprint density at radius 2 is 1.58 bits per heavy atom. The molecule has 8 heteroatoms. The van der Waals surface area contributed by atoms with E-state index in [1.54, 1.807) is 11.8 Å². The highest BCUT2D eigenvalue weighted by atomic mass is 32.2. The molecule has 0 spiro atoms. The van der Waals surface area contributed by atoms with Gasteiger partial charge in [0.05, 0.1) is 12.7 Å². The van der Waals surface area contributed by atoms with Crippen LogP contribution in [0.5, 0.6) is 11.5 Å². The van der Waals surface area contributed by atoms with E-state index in [2.05, 4.69) is 4.74 Å². The average Bonchev–Trinajstić information content (AvgIpc) is 2.81. The van der Waals surface area contributed by atoms with Gasteiger partial charge in [-0.3, -0.25) is 0 Å². The van der Waals surface area contributed by atoms with Crippen LogP contribution in [0.3, 0.4) is 0 Å². The highest BCUT2D eigenvalue weighted by Crippen LogP contribution is 2.30. The van der Waals surface area contributed by atoms with Crippen LogP contribution in [0.1, 0.15) is 22.3 Å². The van der Waals surface area contributed by atoms with Crippen LogP contribution < -0.4 is 9.47 Å². The summed E-state index contributed by atoms with van der Waals surface area (Å²) in [5, 5.41) is 0. The minimum atomic E-state index is -4.34. The SMILES string of the molecule is COC(=O)COc1ccc(SCc2ccc(OCc3ccc(C(F)(F)F)cc3)cc2)cc1C. The summed E-state index contributed by atoms with van der Waals surface area (Å²) < 4.78 is 53.6. The Morgan fingerprint density at radius 1 is 0.909 bits per heavy atom. The third-order valence-electron chi connectivity index (χ3n) is 4.74. The topological polar surface area (TPSA) is 44.8 Å². The zero-order valence-corrected chi connectivity index (χ0v) is 19.0. The standard InChI is InChI=1S/C25H23F3O4S/c1-17-13-22(11-12-23(17)32-15-24(29)30-2)33-16-19-5-9-21(10-6-19)31-14-18-3-7-20(8-4-18)25(26,27)28/h3-13H,14-16H2,1-2H3. The van der Waals surface area contributed by atoms with Crippen LogP contribution in [0.4, 0.5) is 13.2 Å². The molecule has 3 aromatic carbocycles. The summed E-state index contributed by atoms with van der Waals surface area (Å²) in [5.41, 5.74) is 2.02. The number of halogens is 3. The maximum atomic E-state index is 12.6. The fourth-order valence-electron chi connectivity index (χ4n) is 2.87. The predicted molar refractivity (Wildman–Crippen MR) is 120 cm³/mol. The first-order valence-electron chi connectivity index (χ1n) is 10.1. The Labute approximate surface area is 194 Å². The lowest BCUT2D eigenvalue weighted by Crippen LogP contribution is -2.12. The first kappa shape index (κ1) is 24.5. The molecule has 0 aliphatic carbocycles. The first-order chi connectivity index (χ1) is 15.7. The summed E-state index contributed by atoms with van der Waals surface area (Å²) in [6.45, 7) is 1.98. The molecule has 0 saturated heterocycles. The van der Waals surface area contributed by atoms with Crippen molar-refractivity contribution < 1.29 is 32.2 Å². The van der Waals surface area contributed by atoms with Gasteiger partial charge in [-0.25, -0.2) is 4.79 Å². The van der Waals surface area contributed by atoms with Crippen molar-refractivity contribution in [2.45, 2.75) is 30.4 Å². The van der Waals surface area contributed by atoms with Gasteiger partial charge < -0.3 is 14.2 Å². The fraction of sp³-hybridized carbons (Fsp3) is 0.240. The molecule has 33 heavy (non-hydrogen) atoms. The van der Waals surface area contributed by atoms with E-state index in [0.29, 0.717) is 17.1 Å². The highest BCUT2D eigenvalue weighted by Gasteiger charge is 2.29. The molecule has 0 heterocycles. The van der Waals surface area contributed by atoms with Crippen molar-refractivity contribution in [2.24, 2.45) is 0 Å². The van der Waals surface area contributed by atoms with Crippen molar-refractivity contribution in [2.75, 3.05) is 13.7 Å². The van der Waals surface area contributed by atoms with Crippen molar-refractivity contribution in [3.05, 3.63) is 89.0 Å². The van der Waals surface area contributed by atoms with Gasteiger partial charge in [0.1, 0.15) is 18.1 Å². The minimum absolute atomic E-state index is 0.128. The molecule has 0 amide bonds. The summed E-state index contributed by atoms with van der Waals surface area (Å²) in [4.78, 5) is 12.3. The molecule has 0 aliphatic heterocycles. The van der Waals surface area contributed by atoms with Gasteiger partial charge in [-0.05, 0) is 66.1 Å². The molecule has 0 aliphatic rings. The molecule has 0 aromatic heterocycles. The lowest BCUT2D eigenvalue weighted by Gasteiger charge is -2.11. The van der Waals surface area contributed by atoms with Gasteiger partial charge in [0.2, 0.25) is 0 Å². The zero-order valence-electron chi connectivity index (χ0n) is 18.1. The van der Waals surface area contributed by atoms with E-state index in [-0.39, 0.29) is 13.2 Å². The minimum Gasteiger partial charge on any atom is -0.489 e. The van der Waals surface area contributed by atoms with Crippen molar-refractivity contribution >= 4 is 17.7 Å². The van der Waals surface area contributed by atoms with E-state index in [4.69, 9.17) is 9.47 Å². The second kappa shape index (κ2) is 11.1. The van der Waals surface area contributed by atoms with Crippen LogP contribution in [-0.4, -0.2) is 19.7 Å². The van der Waals surface area contributed by atoms with E-state index >= 15 is 0 Å². The molecular weight excluding hydrogens is 453 g/mol. The van der Waals surface area contributed by atoms with E-state index in [0.717, 1.165) is 33.9 Å². The van der Waals surface area contributed by atoms with Crippen molar-refractivity contribution in [1.82, 2.24) is 0 Å². The van der Waals surface area contributed by atoms with Gasteiger partial charge >= 0.3 is 12.1 Å². The molecule has 0 saturated carbocycles. The van der Waals surface area contributed by atoms with Crippen molar-refractivity contribution in [3.63, 3.8) is 0 Å². The third kappa shape index (κ3) is 7.46. The highest BCUT2D eigenvalue weighted by molar-refractivity contribution is 7.98. The Hall–Kier alpha value is -3.13. The van der Waals surface area contributed by atoms with Crippen LogP contribution in [-0.2, 0) is 28.1 Å². The molecule has 0 atom stereocenters. The number of rotatable bonds is 9. The number of carbonyl (C=O) groups is 1.